The van der Waals surface area contributed by atoms with Gasteiger partial charge in [-0.15, -0.1) is 4.40 Å². The minimum Gasteiger partial charge on any atom is -0.362 e. The lowest BCUT2D eigenvalue weighted by Crippen LogP contribution is -2.20. The summed E-state index contributed by atoms with van der Waals surface area (Å²) in [6.07, 6.45) is 5.97. The van der Waals surface area contributed by atoms with Gasteiger partial charge in [-0.2, -0.15) is 8.42 Å². The number of nitrogens with one attached hydrogen (secondary N) is 1. The van der Waals surface area contributed by atoms with Crippen LogP contribution in [0.3, 0.4) is 0 Å². The van der Waals surface area contributed by atoms with Crippen molar-refractivity contribution >= 4 is 27.5 Å². The number of sulfonamides is 1. The Bertz CT molecular complexity index is 1080. The van der Waals surface area contributed by atoms with Crippen molar-refractivity contribution in [1.82, 2.24) is 4.90 Å². The molecule has 2 aromatic carbocycles. The molecule has 7 heteroatoms. The third kappa shape index (κ3) is 4.34. The van der Waals surface area contributed by atoms with Gasteiger partial charge in [-0.05, 0) is 73.6 Å². The van der Waals surface area contributed by atoms with E-state index in [0.29, 0.717) is 23.5 Å². The van der Waals surface area contributed by atoms with E-state index in [4.69, 9.17) is 0 Å². The molecule has 0 bridgehead atoms. The third-order valence-electron chi connectivity index (χ3n) is 5.56. The number of aryl methyl sites for hydroxylation is 2. The van der Waals surface area contributed by atoms with E-state index in [1.165, 1.54) is 29.7 Å². The molecule has 0 aromatic heterocycles. The molecule has 152 valence electrons. The molecule has 0 saturated carbocycles. The minimum atomic E-state index is -3.82. The number of amidine groups is 1. The number of hydrogen-bond donors (Lipinski definition) is 1. The van der Waals surface area contributed by atoms with Crippen molar-refractivity contribution in [3.05, 3.63) is 59.2 Å². The normalized spacial score (nSPS) is 18.0. The summed E-state index contributed by atoms with van der Waals surface area (Å²) in [4.78, 5) is 14.6. The zero-order chi connectivity index (χ0) is 20.4. The summed E-state index contributed by atoms with van der Waals surface area (Å²) in [5.41, 5.74) is 3.58. The number of carbonyl (C=O) groups is 1. The molecule has 29 heavy (non-hydrogen) atoms. The SMILES string of the molecule is CN1CCCC1=NS(=O)(=O)c1cccc(NC(=O)c2ccc3c(c2)CCCC3)c1. The molecule has 0 unspecified atom stereocenters. The van der Waals surface area contributed by atoms with Crippen molar-refractivity contribution in [2.24, 2.45) is 4.40 Å². The van der Waals surface area contributed by atoms with E-state index in [-0.39, 0.29) is 10.8 Å². The van der Waals surface area contributed by atoms with Crippen LogP contribution < -0.4 is 5.32 Å². The second-order valence-corrected chi connectivity index (χ2v) is 9.28. The van der Waals surface area contributed by atoms with Gasteiger partial charge >= 0.3 is 0 Å². The van der Waals surface area contributed by atoms with Crippen LogP contribution in [-0.2, 0) is 22.9 Å². The van der Waals surface area contributed by atoms with Gasteiger partial charge in [-0.1, -0.05) is 12.1 Å². The molecule has 1 aliphatic heterocycles. The lowest BCUT2D eigenvalue weighted by Gasteiger charge is -2.16. The highest BCUT2D eigenvalue weighted by atomic mass is 32.2. The monoisotopic (exact) mass is 411 g/mol. The Kier molecular flexibility index (Phi) is 5.41. The van der Waals surface area contributed by atoms with Gasteiger partial charge in [-0.25, -0.2) is 0 Å². The first-order valence-corrected chi connectivity index (χ1v) is 11.4. The van der Waals surface area contributed by atoms with Crippen LogP contribution in [0.15, 0.2) is 51.8 Å². The topological polar surface area (TPSA) is 78.8 Å². The van der Waals surface area contributed by atoms with Crippen LogP contribution in [0.4, 0.5) is 5.69 Å². The number of amides is 1. The number of carbonyl (C=O) groups excluding carboxylic acids is 1. The molecule has 1 fully saturated rings. The lowest BCUT2D eigenvalue weighted by molar-refractivity contribution is 0.102. The zero-order valence-electron chi connectivity index (χ0n) is 16.5. The van der Waals surface area contributed by atoms with Crippen LogP contribution in [0.5, 0.6) is 0 Å². The van der Waals surface area contributed by atoms with Crippen molar-refractivity contribution in [2.75, 3.05) is 18.9 Å². The second-order valence-electron chi connectivity index (χ2n) is 7.68. The van der Waals surface area contributed by atoms with Gasteiger partial charge in [-0.3, -0.25) is 4.79 Å². The molecule has 6 nitrogen and oxygen atoms in total. The van der Waals surface area contributed by atoms with Crippen molar-refractivity contribution < 1.29 is 13.2 Å². The first-order valence-electron chi connectivity index (χ1n) is 10.0. The summed E-state index contributed by atoms with van der Waals surface area (Å²) in [6, 6.07) is 12.1. The van der Waals surface area contributed by atoms with Crippen molar-refractivity contribution in [3.63, 3.8) is 0 Å². The fourth-order valence-corrected chi connectivity index (χ4v) is 5.05. The fourth-order valence-electron chi connectivity index (χ4n) is 3.91. The van der Waals surface area contributed by atoms with Gasteiger partial charge in [0.1, 0.15) is 5.84 Å². The molecular weight excluding hydrogens is 386 g/mol. The van der Waals surface area contributed by atoms with Gasteiger partial charge in [0.15, 0.2) is 0 Å². The maximum absolute atomic E-state index is 12.7. The highest BCUT2D eigenvalue weighted by molar-refractivity contribution is 7.90. The lowest BCUT2D eigenvalue weighted by atomic mass is 9.90. The highest BCUT2D eigenvalue weighted by Crippen LogP contribution is 2.24. The molecular formula is C22H25N3O3S. The van der Waals surface area contributed by atoms with E-state index < -0.39 is 10.0 Å². The standard InChI is InChI=1S/C22H25N3O3S/c1-25-13-5-10-21(25)24-29(27,28)20-9-4-8-19(15-20)23-22(26)18-12-11-16-6-2-3-7-17(16)14-18/h4,8-9,11-12,14-15H,2-3,5-7,10,13H2,1H3,(H,23,26). The number of benzene rings is 2. The number of fused-ring (bicyclic) bond motifs is 1. The first kappa shape index (κ1) is 19.6. The number of anilines is 1. The smallest absolute Gasteiger partial charge is 0.284 e. The maximum atomic E-state index is 12.7. The van der Waals surface area contributed by atoms with Crippen molar-refractivity contribution in [3.8, 4) is 0 Å². The summed E-state index contributed by atoms with van der Waals surface area (Å²) >= 11 is 0. The summed E-state index contributed by atoms with van der Waals surface area (Å²) in [5.74, 6) is 0.336. The fraction of sp³-hybridized carbons (Fsp3) is 0.364. The Morgan fingerprint density at radius 1 is 1.00 bits per heavy atom. The zero-order valence-corrected chi connectivity index (χ0v) is 17.3. The van der Waals surface area contributed by atoms with Gasteiger partial charge in [0, 0.05) is 31.3 Å². The largest absolute Gasteiger partial charge is 0.362 e. The van der Waals surface area contributed by atoms with E-state index in [2.05, 4.69) is 9.71 Å². The Morgan fingerprint density at radius 2 is 1.79 bits per heavy atom. The van der Waals surface area contributed by atoms with Crippen LogP contribution in [0.25, 0.3) is 0 Å². The Hall–Kier alpha value is -2.67. The molecule has 1 heterocycles. The predicted octanol–water partition coefficient (Wildman–Crippen LogP) is 3.63. The van der Waals surface area contributed by atoms with Crippen LogP contribution in [-0.4, -0.2) is 38.7 Å². The van der Waals surface area contributed by atoms with Gasteiger partial charge in [0.2, 0.25) is 0 Å². The van der Waals surface area contributed by atoms with Gasteiger partial charge in [0.25, 0.3) is 15.9 Å². The molecule has 1 N–H and O–H groups in total. The average molecular weight is 412 g/mol. The van der Waals surface area contributed by atoms with Gasteiger partial charge < -0.3 is 10.2 Å². The molecule has 2 aliphatic rings. The van der Waals surface area contributed by atoms with E-state index in [1.54, 1.807) is 12.1 Å². The Morgan fingerprint density at radius 3 is 2.55 bits per heavy atom. The summed E-state index contributed by atoms with van der Waals surface area (Å²) in [5, 5.41) is 2.82. The maximum Gasteiger partial charge on any atom is 0.284 e. The van der Waals surface area contributed by atoms with Crippen LogP contribution in [0, 0.1) is 0 Å². The van der Waals surface area contributed by atoms with E-state index in [9.17, 15) is 13.2 Å². The number of likely N-dealkylation sites (tertiary alicyclic amines) is 1. The van der Waals surface area contributed by atoms with Crippen LogP contribution >= 0.6 is 0 Å². The second kappa shape index (κ2) is 7.99. The quantitative estimate of drug-likeness (QED) is 0.833. The number of rotatable bonds is 4. The average Bonchev–Trinajstić information content (AvgIpc) is 3.11. The molecule has 1 aliphatic carbocycles. The van der Waals surface area contributed by atoms with E-state index in [0.717, 1.165) is 32.2 Å². The van der Waals surface area contributed by atoms with Crippen molar-refractivity contribution in [1.29, 1.82) is 0 Å². The summed E-state index contributed by atoms with van der Waals surface area (Å²) in [6.45, 7) is 0.811. The van der Waals surface area contributed by atoms with Crippen LogP contribution in [0.2, 0.25) is 0 Å². The van der Waals surface area contributed by atoms with E-state index >= 15 is 0 Å². The molecule has 0 atom stereocenters. The molecule has 0 radical (unpaired) electrons. The number of hydrogen-bond acceptors (Lipinski definition) is 3. The molecule has 1 saturated heterocycles. The first-order chi connectivity index (χ1) is 13.9. The number of nitrogens with zero attached hydrogens (tertiary/aromatic N) is 2. The van der Waals surface area contributed by atoms with Crippen molar-refractivity contribution in [2.45, 2.75) is 43.4 Å². The Labute approximate surface area is 171 Å². The summed E-state index contributed by atoms with van der Waals surface area (Å²) < 4.78 is 29.3. The minimum absolute atomic E-state index is 0.0774. The highest BCUT2D eigenvalue weighted by Gasteiger charge is 2.21. The van der Waals surface area contributed by atoms with Gasteiger partial charge in [0.05, 0.1) is 4.90 Å². The molecule has 1 amide bonds. The molecule has 2 aromatic rings. The Balaban J connectivity index is 1.54. The molecule has 0 spiro atoms. The molecule has 4 rings (SSSR count). The van der Waals surface area contributed by atoms with E-state index in [1.807, 2.05) is 30.1 Å². The predicted molar refractivity (Wildman–Crippen MR) is 114 cm³/mol. The summed E-state index contributed by atoms with van der Waals surface area (Å²) in [7, 11) is -1.97. The van der Waals surface area contributed by atoms with Crippen LogP contribution in [0.1, 0.15) is 47.2 Å². The third-order valence-corrected chi connectivity index (χ3v) is 6.86.